The highest BCUT2D eigenvalue weighted by Crippen LogP contribution is 2.29. The molecular formula is C27H42N6O5S. The van der Waals surface area contributed by atoms with Crippen molar-refractivity contribution in [1.82, 2.24) is 20.9 Å². The predicted molar refractivity (Wildman–Crippen MR) is 153 cm³/mol. The van der Waals surface area contributed by atoms with E-state index in [-0.39, 0.29) is 22.6 Å². The van der Waals surface area contributed by atoms with Crippen molar-refractivity contribution in [1.29, 1.82) is 0 Å². The van der Waals surface area contributed by atoms with Crippen LogP contribution < -0.4 is 31.5 Å². The van der Waals surface area contributed by atoms with Gasteiger partial charge in [-0.15, -0.1) is 4.83 Å². The van der Waals surface area contributed by atoms with Crippen LogP contribution in [0.1, 0.15) is 41.5 Å². The van der Waals surface area contributed by atoms with Gasteiger partial charge in [-0.3, -0.25) is 19.8 Å². The lowest BCUT2D eigenvalue weighted by atomic mass is 9.98. The van der Waals surface area contributed by atoms with E-state index in [1.807, 2.05) is 31.1 Å². The van der Waals surface area contributed by atoms with Gasteiger partial charge in [-0.1, -0.05) is 65.8 Å². The van der Waals surface area contributed by atoms with Gasteiger partial charge in [0.1, 0.15) is 12.1 Å². The van der Waals surface area contributed by atoms with Gasteiger partial charge in [0, 0.05) is 30.6 Å². The smallest absolute Gasteiger partial charge is 0.257 e. The molecule has 3 amide bonds. The van der Waals surface area contributed by atoms with Gasteiger partial charge in [0.05, 0.1) is 10.9 Å². The van der Waals surface area contributed by atoms with Crippen molar-refractivity contribution >= 4 is 44.2 Å². The van der Waals surface area contributed by atoms with Gasteiger partial charge in [-0.2, -0.15) is 0 Å². The van der Waals surface area contributed by atoms with Crippen LogP contribution in [0.25, 0.3) is 10.8 Å². The lowest BCUT2D eigenvalue weighted by Crippen LogP contribution is -2.60. The number of rotatable bonds is 12. The first-order valence-electron chi connectivity index (χ1n) is 13.0. The number of benzene rings is 2. The Labute approximate surface area is 231 Å². The van der Waals surface area contributed by atoms with Crippen molar-refractivity contribution in [3.63, 3.8) is 0 Å². The Morgan fingerprint density at radius 3 is 1.79 bits per heavy atom. The van der Waals surface area contributed by atoms with E-state index in [9.17, 15) is 22.8 Å². The molecule has 12 heteroatoms. The van der Waals surface area contributed by atoms with E-state index in [1.54, 1.807) is 59.7 Å². The number of hydrazine groups is 1. The number of amides is 3. The summed E-state index contributed by atoms with van der Waals surface area (Å²) >= 11 is 0. The lowest BCUT2D eigenvalue weighted by molar-refractivity contribution is -0.134. The van der Waals surface area contributed by atoms with Crippen LogP contribution in [0.5, 0.6) is 0 Å². The molecule has 3 atom stereocenters. The van der Waals surface area contributed by atoms with Crippen LogP contribution in [0.2, 0.25) is 0 Å². The molecule has 0 spiro atoms. The number of hydrogen-bond acceptors (Lipinski definition) is 7. The second kappa shape index (κ2) is 13.2. The maximum Gasteiger partial charge on any atom is 0.257 e. The zero-order chi connectivity index (χ0) is 29.7. The fourth-order valence-electron chi connectivity index (χ4n) is 4.00. The highest BCUT2D eigenvalue weighted by molar-refractivity contribution is 7.89. The summed E-state index contributed by atoms with van der Waals surface area (Å²) in [6, 6.07) is 7.45. The molecule has 2 aromatic carbocycles. The van der Waals surface area contributed by atoms with Crippen LogP contribution in [0.3, 0.4) is 0 Å². The number of carbonyl (C=O) groups excluding carboxylic acids is 3. The summed E-state index contributed by atoms with van der Waals surface area (Å²) in [6.07, 6.45) is 0. The van der Waals surface area contributed by atoms with E-state index in [0.717, 1.165) is 11.1 Å². The average Bonchev–Trinajstić information content (AvgIpc) is 2.86. The van der Waals surface area contributed by atoms with Crippen molar-refractivity contribution in [2.24, 2.45) is 23.5 Å². The van der Waals surface area contributed by atoms with Crippen LogP contribution in [-0.2, 0) is 24.4 Å². The molecule has 0 unspecified atom stereocenters. The molecule has 0 fully saturated rings. The molecule has 0 heterocycles. The van der Waals surface area contributed by atoms with Crippen molar-refractivity contribution in [2.45, 2.75) is 64.6 Å². The van der Waals surface area contributed by atoms with Gasteiger partial charge in [-0.25, -0.2) is 8.42 Å². The monoisotopic (exact) mass is 562 g/mol. The molecule has 2 aromatic rings. The number of nitrogens with zero attached hydrogens (tertiary/aromatic N) is 1. The minimum atomic E-state index is -4.16. The number of carbonyl (C=O) groups is 3. The molecule has 0 aliphatic carbocycles. The molecule has 6 N–H and O–H groups in total. The number of fused-ring (bicyclic) bond motifs is 1. The number of nitrogens with one attached hydrogen (secondary N) is 4. The second-order valence-electron chi connectivity index (χ2n) is 10.8. The third kappa shape index (κ3) is 7.90. The fraction of sp³-hybridized carbons (Fsp3) is 0.519. The van der Waals surface area contributed by atoms with E-state index in [1.165, 1.54) is 6.07 Å². The first-order valence-corrected chi connectivity index (χ1v) is 14.4. The van der Waals surface area contributed by atoms with Gasteiger partial charge in [0.15, 0.2) is 0 Å². The molecule has 0 saturated carbocycles. The summed E-state index contributed by atoms with van der Waals surface area (Å²) in [7, 11) is -0.432. The van der Waals surface area contributed by atoms with Gasteiger partial charge in [0.25, 0.3) is 15.9 Å². The van der Waals surface area contributed by atoms with Gasteiger partial charge >= 0.3 is 0 Å². The number of hydrogen-bond donors (Lipinski definition) is 5. The topological polar surface area (TPSA) is 163 Å². The Hall–Kier alpha value is -3.22. The Bertz CT molecular complexity index is 1290. The highest BCUT2D eigenvalue weighted by Gasteiger charge is 2.32. The number of nitrogens with two attached hydrogens (primary N) is 1. The predicted octanol–water partition coefficient (Wildman–Crippen LogP) is 1.48. The molecule has 39 heavy (non-hydrogen) atoms. The van der Waals surface area contributed by atoms with E-state index < -0.39 is 45.9 Å². The van der Waals surface area contributed by atoms with Gasteiger partial charge < -0.3 is 21.3 Å². The van der Waals surface area contributed by atoms with E-state index >= 15 is 0 Å². The summed E-state index contributed by atoms with van der Waals surface area (Å²) in [4.78, 5) is 42.7. The normalized spacial score (nSPS) is 14.3. The summed E-state index contributed by atoms with van der Waals surface area (Å²) in [5.41, 5.74) is 9.00. The lowest BCUT2D eigenvalue weighted by Gasteiger charge is -2.28. The van der Waals surface area contributed by atoms with Crippen LogP contribution in [-0.4, -0.2) is 58.4 Å². The molecule has 0 radical (unpaired) electrons. The van der Waals surface area contributed by atoms with Crippen LogP contribution in [0.15, 0.2) is 41.3 Å². The molecule has 0 aliphatic heterocycles. The zero-order valence-corrected chi connectivity index (χ0v) is 24.7. The van der Waals surface area contributed by atoms with Crippen LogP contribution >= 0.6 is 0 Å². The Balaban J connectivity index is 2.21. The second-order valence-corrected chi connectivity index (χ2v) is 12.5. The summed E-state index contributed by atoms with van der Waals surface area (Å²) in [5, 5.41) is 6.55. The van der Waals surface area contributed by atoms with Crippen molar-refractivity contribution in [2.75, 3.05) is 19.0 Å². The molecule has 0 aromatic heterocycles. The third-order valence-corrected chi connectivity index (χ3v) is 7.76. The van der Waals surface area contributed by atoms with Crippen LogP contribution in [0, 0.1) is 17.8 Å². The minimum absolute atomic E-state index is 0.00166. The average molecular weight is 563 g/mol. The summed E-state index contributed by atoms with van der Waals surface area (Å²) in [5.74, 6) is -2.59. The van der Waals surface area contributed by atoms with Crippen molar-refractivity contribution < 1.29 is 22.8 Å². The molecular weight excluding hydrogens is 520 g/mol. The molecule has 216 valence electrons. The largest absolute Gasteiger partial charge is 0.377 e. The first kappa shape index (κ1) is 32.0. The van der Waals surface area contributed by atoms with E-state index in [0.29, 0.717) is 5.39 Å². The SMILES string of the molecule is CC(C)[C@H](N)C(=O)N[C@H](C(=O)N[C@H](C(=O)NNS(=O)(=O)c1cccc2c(N(C)C)cccc12)C(C)C)C(C)C. The highest BCUT2D eigenvalue weighted by atomic mass is 32.2. The number of anilines is 1. The molecule has 0 aliphatic rings. The van der Waals surface area contributed by atoms with E-state index in [4.69, 9.17) is 5.73 Å². The van der Waals surface area contributed by atoms with Gasteiger partial charge in [0.2, 0.25) is 11.8 Å². The number of sulfonamides is 1. The standard InChI is InChI=1S/C27H42N6O5S/c1-15(2)22(28)25(34)29-23(16(3)4)26(35)30-24(17(5)6)27(36)31-32-39(37,38)21-14-10-11-18-19(21)12-9-13-20(18)33(7)8/h9-17,22-24,32H,28H2,1-8H3,(H,29,34)(H,30,35)(H,31,36)/t22-,23-,24-/m0/s1. The quantitative estimate of drug-likeness (QED) is 0.245. The third-order valence-electron chi connectivity index (χ3n) is 6.45. The first-order chi connectivity index (χ1) is 18.1. The van der Waals surface area contributed by atoms with E-state index in [2.05, 4.69) is 20.9 Å². The van der Waals surface area contributed by atoms with Crippen LogP contribution in [0.4, 0.5) is 5.69 Å². The minimum Gasteiger partial charge on any atom is -0.377 e. The maximum absolute atomic E-state index is 13.2. The summed E-state index contributed by atoms with van der Waals surface area (Å²) in [6.45, 7) is 10.5. The Kier molecular flexibility index (Phi) is 10.8. The summed E-state index contributed by atoms with van der Waals surface area (Å²) < 4.78 is 26.4. The molecule has 0 saturated heterocycles. The van der Waals surface area contributed by atoms with Crippen molar-refractivity contribution in [3.8, 4) is 0 Å². The molecule has 2 rings (SSSR count). The Morgan fingerprint density at radius 2 is 1.26 bits per heavy atom. The molecule has 0 bridgehead atoms. The maximum atomic E-state index is 13.2. The van der Waals surface area contributed by atoms with Gasteiger partial charge in [-0.05, 0) is 29.9 Å². The zero-order valence-electron chi connectivity index (χ0n) is 23.9. The van der Waals surface area contributed by atoms with Crippen molar-refractivity contribution in [3.05, 3.63) is 36.4 Å². The molecule has 11 nitrogen and oxygen atoms in total. The Morgan fingerprint density at radius 1 is 0.744 bits per heavy atom. The fourth-order valence-corrected chi connectivity index (χ4v) is 5.07.